The number of hydrogen-bond donors (Lipinski definition) is 1. The van der Waals surface area contributed by atoms with Gasteiger partial charge in [0.25, 0.3) is 5.91 Å². The maximum Gasteiger partial charge on any atom is 0.251 e. The zero-order valence-electron chi connectivity index (χ0n) is 13.0. The molecule has 0 bridgehead atoms. The molecule has 0 atom stereocenters. The third-order valence-electron chi connectivity index (χ3n) is 3.37. The van der Waals surface area contributed by atoms with Crippen LogP contribution in [0.5, 0.6) is 5.75 Å². The van der Waals surface area contributed by atoms with E-state index in [1.54, 1.807) is 20.3 Å². The molecule has 116 valence electrons. The number of carbonyl (C=O) groups excluding carboxylic acids is 1. The molecule has 22 heavy (non-hydrogen) atoms. The number of para-hydroxylation sites is 1. The summed E-state index contributed by atoms with van der Waals surface area (Å²) in [6.45, 7) is 1.07. The number of methoxy groups -OCH3 is 2. The second kappa shape index (κ2) is 8.20. The molecule has 0 aliphatic rings. The van der Waals surface area contributed by atoms with Crippen LogP contribution < -0.4 is 10.1 Å². The Hall–Kier alpha value is -2.33. The van der Waals surface area contributed by atoms with Gasteiger partial charge in [0.1, 0.15) is 5.75 Å². The molecule has 0 spiro atoms. The van der Waals surface area contributed by atoms with Crippen molar-refractivity contribution in [2.75, 3.05) is 20.8 Å². The summed E-state index contributed by atoms with van der Waals surface area (Å²) in [6, 6.07) is 15.3. The predicted octanol–water partition coefficient (Wildman–Crippen LogP) is 2.81. The number of benzene rings is 2. The molecule has 0 aliphatic carbocycles. The van der Waals surface area contributed by atoms with Crippen molar-refractivity contribution in [3.8, 4) is 5.75 Å². The summed E-state index contributed by atoms with van der Waals surface area (Å²) in [5, 5.41) is 2.93. The van der Waals surface area contributed by atoms with Gasteiger partial charge in [0.2, 0.25) is 0 Å². The molecule has 0 unspecified atom stereocenters. The summed E-state index contributed by atoms with van der Waals surface area (Å²) in [7, 11) is 3.29. The number of rotatable bonds is 7. The maximum absolute atomic E-state index is 12.2. The first-order valence-corrected chi connectivity index (χ1v) is 7.22. The normalized spacial score (nSPS) is 10.3. The summed E-state index contributed by atoms with van der Waals surface area (Å²) >= 11 is 0. The molecule has 0 fully saturated rings. The lowest BCUT2D eigenvalue weighted by Gasteiger charge is -2.09. The van der Waals surface area contributed by atoms with E-state index in [4.69, 9.17) is 9.47 Å². The Morgan fingerprint density at radius 3 is 2.68 bits per heavy atom. The van der Waals surface area contributed by atoms with Crippen LogP contribution in [0.3, 0.4) is 0 Å². The van der Waals surface area contributed by atoms with Crippen molar-refractivity contribution < 1.29 is 14.3 Å². The molecule has 4 heteroatoms. The first kappa shape index (κ1) is 16.0. The van der Waals surface area contributed by atoms with Crippen LogP contribution in [0.2, 0.25) is 0 Å². The summed E-state index contributed by atoms with van der Waals surface area (Å²) in [5.41, 5.74) is 2.72. The Balaban J connectivity index is 1.91. The van der Waals surface area contributed by atoms with Crippen LogP contribution in [-0.2, 0) is 17.8 Å². The zero-order chi connectivity index (χ0) is 15.8. The minimum Gasteiger partial charge on any atom is -0.496 e. The molecule has 2 aromatic rings. The highest BCUT2D eigenvalue weighted by Crippen LogP contribution is 2.17. The van der Waals surface area contributed by atoms with Gasteiger partial charge in [-0.1, -0.05) is 30.3 Å². The van der Waals surface area contributed by atoms with E-state index in [-0.39, 0.29) is 5.91 Å². The Morgan fingerprint density at radius 1 is 1.09 bits per heavy atom. The van der Waals surface area contributed by atoms with Gasteiger partial charge in [-0.3, -0.25) is 4.79 Å². The van der Waals surface area contributed by atoms with Gasteiger partial charge in [0, 0.05) is 19.2 Å². The lowest BCUT2D eigenvalue weighted by atomic mass is 10.1. The predicted molar refractivity (Wildman–Crippen MR) is 86.2 cm³/mol. The molecular weight excluding hydrogens is 278 g/mol. The highest BCUT2D eigenvalue weighted by atomic mass is 16.5. The van der Waals surface area contributed by atoms with Crippen LogP contribution >= 0.6 is 0 Å². The van der Waals surface area contributed by atoms with Gasteiger partial charge >= 0.3 is 0 Å². The van der Waals surface area contributed by atoms with Gasteiger partial charge in [0.15, 0.2) is 0 Å². The first-order valence-electron chi connectivity index (χ1n) is 7.22. The molecule has 2 rings (SSSR count). The second-order valence-corrected chi connectivity index (χ2v) is 4.95. The van der Waals surface area contributed by atoms with Crippen LogP contribution in [0.1, 0.15) is 21.5 Å². The molecular formula is C18H21NO3. The molecule has 2 aromatic carbocycles. The Morgan fingerprint density at radius 2 is 1.91 bits per heavy atom. The van der Waals surface area contributed by atoms with Gasteiger partial charge in [-0.2, -0.15) is 0 Å². The molecule has 0 heterocycles. The van der Waals surface area contributed by atoms with Gasteiger partial charge in [0.05, 0.1) is 13.7 Å². The Bertz CT molecular complexity index is 625. The van der Waals surface area contributed by atoms with Gasteiger partial charge < -0.3 is 14.8 Å². The molecule has 0 aromatic heterocycles. The summed E-state index contributed by atoms with van der Waals surface area (Å²) in [6.07, 6.45) is 0.730. The first-order chi connectivity index (χ1) is 10.7. The van der Waals surface area contributed by atoms with Crippen LogP contribution in [0.25, 0.3) is 0 Å². The minimum absolute atomic E-state index is 0.0761. The molecule has 0 aliphatic heterocycles. The molecule has 1 N–H and O–H groups in total. The number of ether oxygens (including phenoxy) is 2. The molecule has 0 radical (unpaired) electrons. The number of carbonyl (C=O) groups is 1. The van der Waals surface area contributed by atoms with Crippen molar-refractivity contribution in [1.82, 2.24) is 5.32 Å². The number of nitrogens with one attached hydrogen (secondary N) is 1. The van der Waals surface area contributed by atoms with Crippen LogP contribution in [0, 0.1) is 0 Å². The Kier molecular flexibility index (Phi) is 5.98. The van der Waals surface area contributed by atoms with Crippen molar-refractivity contribution >= 4 is 5.91 Å². The average molecular weight is 299 g/mol. The van der Waals surface area contributed by atoms with E-state index in [2.05, 4.69) is 5.32 Å². The van der Waals surface area contributed by atoms with E-state index in [1.165, 1.54) is 0 Å². The molecule has 4 nitrogen and oxygen atoms in total. The van der Waals surface area contributed by atoms with Crippen LogP contribution in [0.15, 0.2) is 48.5 Å². The SMILES string of the molecule is COCc1cccc(C(=O)NCCc2ccccc2OC)c1. The van der Waals surface area contributed by atoms with Crippen LogP contribution in [-0.4, -0.2) is 26.7 Å². The number of amides is 1. The van der Waals surface area contributed by atoms with Gasteiger partial charge in [-0.05, 0) is 35.7 Å². The van der Waals surface area contributed by atoms with Crippen molar-refractivity contribution in [1.29, 1.82) is 0 Å². The third kappa shape index (κ3) is 4.33. The van der Waals surface area contributed by atoms with Crippen molar-refractivity contribution in [3.63, 3.8) is 0 Å². The van der Waals surface area contributed by atoms with Gasteiger partial charge in [-0.25, -0.2) is 0 Å². The summed E-state index contributed by atoms with van der Waals surface area (Å²) in [4.78, 5) is 12.2. The zero-order valence-corrected chi connectivity index (χ0v) is 13.0. The minimum atomic E-state index is -0.0761. The van der Waals surface area contributed by atoms with E-state index in [0.717, 1.165) is 23.3 Å². The van der Waals surface area contributed by atoms with E-state index in [9.17, 15) is 4.79 Å². The van der Waals surface area contributed by atoms with E-state index in [0.29, 0.717) is 18.7 Å². The fourth-order valence-electron chi connectivity index (χ4n) is 2.29. The van der Waals surface area contributed by atoms with Crippen molar-refractivity contribution in [3.05, 3.63) is 65.2 Å². The summed E-state index contributed by atoms with van der Waals surface area (Å²) in [5.74, 6) is 0.770. The largest absolute Gasteiger partial charge is 0.496 e. The monoisotopic (exact) mass is 299 g/mol. The highest BCUT2D eigenvalue weighted by Gasteiger charge is 2.07. The highest BCUT2D eigenvalue weighted by molar-refractivity contribution is 5.94. The smallest absolute Gasteiger partial charge is 0.251 e. The van der Waals surface area contributed by atoms with E-state index < -0.39 is 0 Å². The average Bonchev–Trinajstić information content (AvgIpc) is 2.56. The topological polar surface area (TPSA) is 47.6 Å². The summed E-state index contributed by atoms with van der Waals surface area (Å²) < 4.78 is 10.4. The standard InChI is InChI=1S/C18H21NO3/c1-21-13-14-6-5-8-16(12-14)18(20)19-11-10-15-7-3-4-9-17(15)22-2/h3-9,12H,10-11,13H2,1-2H3,(H,19,20). The van der Waals surface area contributed by atoms with E-state index >= 15 is 0 Å². The van der Waals surface area contributed by atoms with Crippen molar-refractivity contribution in [2.45, 2.75) is 13.0 Å². The molecule has 0 saturated carbocycles. The van der Waals surface area contributed by atoms with Gasteiger partial charge in [-0.15, -0.1) is 0 Å². The maximum atomic E-state index is 12.2. The Labute approximate surface area is 131 Å². The lowest BCUT2D eigenvalue weighted by molar-refractivity contribution is 0.0953. The fraction of sp³-hybridized carbons (Fsp3) is 0.278. The number of hydrogen-bond acceptors (Lipinski definition) is 3. The lowest BCUT2D eigenvalue weighted by Crippen LogP contribution is -2.25. The van der Waals surface area contributed by atoms with Crippen LogP contribution in [0.4, 0.5) is 0 Å². The third-order valence-corrected chi connectivity index (χ3v) is 3.37. The van der Waals surface area contributed by atoms with Crippen molar-refractivity contribution in [2.24, 2.45) is 0 Å². The van der Waals surface area contributed by atoms with E-state index in [1.807, 2.05) is 42.5 Å². The second-order valence-electron chi connectivity index (χ2n) is 4.95. The molecule has 0 saturated heterocycles. The quantitative estimate of drug-likeness (QED) is 0.855. The fourth-order valence-corrected chi connectivity index (χ4v) is 2.29. The molecule has 1 amide bonds.